The molecule has 1 aromatic heterocycles. The maximum Gasteiger partial charge on any atom is 0.272 e. The first kappa shape index (κ1) is 13.0. The number of thioether (sulfide) groups is 1. The van der Waals surface area contributed by atoms with Crippen LogP contribution in [0, 0.1) is 0 Å². The van der Waals surface area contributed by atoms with E-state index in [0.717, 1.165) is 37.4 Å². The molecule has 2 aliphatic heterocycles. The monoisotopic (exact) mass is 281 g/mol. The van der Waals surface area contributed by atoms with Gasteiger partial charge in [0.05, 0.1) is 6.10 Å². The average Bonchev–Trinajstić information content (AvgIpc) is 3.15. The van der Waals surface area contributed by atoms with Gasteiger partial charge in [-0.2, -0.15) is 16.9 Å². The molecular formula is C13H19N3O2S. The normalized spacial score (nSPS) is 26.7. The number of nitrogens with zero attached hydrogens (tertiary/aromatic N) is 2. The van der Waals surface area contributed by atoms with Gasteiger partial charge in [-0.05, 0) is 31.1 Å². The summed E-state index contributed by atoms with van der Waals surface area (Å²) >= 11 is 1.92. The predicted molar refractivity (Wildman–Crippen MR) is 74.3 cm³/mol. The minimum Gasteiger partial charge on any atom is -0.376 e. The largest absolute Gasteiger partial charge is 0.376 e. The second-order valence-corrected chi connectivity index (χ2v) is 6.23. The molecule has 2 saturated heterocycles. The van der Waals surface area contributed by atoms with Gasteiger partial charge in [0.25, 0.3) is 5.91 Å². The molecule has 1 N–H and O–H groups in total. The fraction of sp³-hybridized carbons (Fsp3) is 0.692. The zero-order valence-electron chi connectivity index (χ0n) is 10.9. The highest BCUT2D eigenvalue weighted by molar-refractivity contribution is 7.99. The highest BCUT2D eigenvalue weighted by atomic mass is 32.2. The van der Waals surface area contributed by atoms with Gasteiger partial charge in [-0.15, -0.1) is 0 Å². The molecule has 2 atom stereocenters. The van der Waals surface area contributed by atoms with Crippen LogP contribution in [0.25, 0.3) is 0 Å². The van der Waals surface area contributed by atoms with Crippen molar-refractivity contribution >= 4 is 17.7 Å². The van der Waals surface area contributed by atoms with Gasteiger partial charge in [0.15, 0.2) is 0 Å². The summed E-state index contributed by atoms with van der Waals surface area (Å²) in [5.41, 5.74) is 0.579. The van der Waals surface area contributed by atoms with E-state index in [9.17, 15) is 4.79 Å². The third kappa shape index (κ3) is 2.95. The highest BCUT2D eigenvalue weighted by Gasteiger charge is 2.31. The number of aromatic nitrogens is 2. The van der Waals surface area contributed by atoms with Gasteiger partial charge < -0.3 is 9.64 Å². The van der Waals surface area contributed by atoms with Crippen molar-refractivity contribution in [2.75, 3.05) is 24.7 Å². The zero-order chi connectivity index (χ0) is 13.1. The molecule has 0 radical (unpaired) electrons. The van der Waals surface area contributed by atoms with Crippen LogP contribution < -0.4 is 0 Å². The third-order valence-corrected chi connectivity index (χ3v) is 4.91. The van der Waals surface area contributed by atoms with Crippen molar-refractivity contribution in [2.24, 2.45) is 0 Å². The first-order valence-electron chi connectivity index (χ1n) is 6.84. The number of H-pyrrole nitrogens is 1. The number of rotatable bonds is 4. The lowest BCUT2D eigenvalue weighted by Gasteiger charge is -2.30. The molecule has 0 saturated carbocycles. The van der Waals surface area contributed by atoms with Crippen LogP contribution in [0.15, 0.2) is 12.3 Å². The summed E-state index contributed by atoms with van der Waals surface area (Å²) in [6.45, 7) is 1.54. The Bertz CT molecular complexity index is 412. The lowest BCUT2D eigenvalue weighted by molar-refractivity contribution is 0.0437. The number of hydrogen-bond donors (Lipinski definition) is 1. The Hall–Kier alpha value is -1.01. The van der Waals surface area contributed by atoms with Crippen LogP contribution in [-0.4, -0.2) is 57.8 Å². The molecule has 104 valence electrons. The molecule has 5 nitrogen and oxygen atoms in total. The molecule has 3 rings (SSSR count). The molecule has 1 aromatic rings. The van der Waals surface area contributed by atoms with Crippen LogP contribution in [0.5, 0.6) is 0 Å². The molecule has 0 spiro atoms. The quantitative estimate of drug-likeness (QED) is 0.909. The van der Waals surface area contributed by atoms with Crippen molar-refractivity contribution in [2.45, 2.75) is 31.4 Å². The minimum atomic E-state index is 0.0560. The number of carbonyl (C=O) groups excluding carboxylic acids is 1. The van der Waals surface area contributed by atoms with Crippen molar-refractivity contribution in [1.82, 2.24) is 15.1 Å². The molecule has 3 heterocycles. The predicted octanol–water partition coefficient (Wildman–Crippen LogP) is 1.54. The molecule has 1 amide bonds. The number of carbonyl (C=O) groups is 1. The van der Waals surface area contributed by atoms with Gasteiger partial charge in [0, 0.05) is 31.1 Å². The first-order valence-corrected chi connectivity index (χ1v) is 8.00. The van der Waals surface area contributed by atoms with Crippen LogP contribution in [0.1, 0.15) is 29.8 Å². The smallest absolute Gasteiger partial charge is 0.272 e. The van der Waals surface area contributed by atoms with Crippen LogP contribution >= 0.6 is 11.8 Å². The lowest BCUT2D eigenvalue weighted by Crippen LogP contribution is -2.44. The van der Waals surface area contributed by atoms with Crippen molar-refractivity contribution in [3.63, 3.8) is 0 Å². The molecular weight excluding hydrogens is 262 g/mol. The summed E-state index contributed by atoms with van der Waals surface area (Å²) in [4.78, 5) is 14.6. The zero-order valence-corrected chi connectivity index (χ0v) is 11.7. The SMILES string of the molecule is O=C(c1ccn[nH]1)N(C[C@H]1CCCO1)[C@@H]1CCSC1. The Morgan fingerprint density at radius 1 is 1.58 bits per heavy atom. The molecule has 2 aliphatic rings. The van der Waals surface area contributed by atoms with Crippen LogP contribution in [0.3, 0.4) is 0 Å². The van der Waals surface area contributed by atoms with Gasteiger partial charge in [-0.3, -0.25) is 9.89 Å². The molecule has 19 heavy (non-hydrogen) atoms. The van der Waals surface area contributed by atoms with Gasteiger partial charge in [0.2, 0.25) is 0 Å². The van der Waals surface area contributed by atoms with E-state index in [1.54, 1.807) is 12.3 Å². The number of hydrogen-bond acceptors (Lipinski definition) is 4. The van der Waals surface area contributed by atoms with Crippen LogP contribution in [-0.2, 0) is 4.74 Å². The van der Waals surface area contributed by atoms with Gasteiger partial charge >= 0.3 is 0 Å². The van der Waals surface area contributed by atoms with Gasteiger partial charge in [0.1, 0.15) is 5.69 Å². The average molecular weight is 281 g/mol. The summed E-state index contributed by atoms with van der Waals surface area (Å²) < 4.78 is 5.68. The molecule has 0 aliphatic carbocycles. The molecule has 6 heteroatoms. The molecule has 0 unspecified atom stereocenters. The van der Waals surface area contributed by atoms with Gasteiger partial charge in [-0.25, -0.2) is 0 Å². The summed E-state index contributed by atoms with van der Waals surface area (Å²) in [6, 6.07) is 2.08. The van der Waals surface area contributed by atoms with Crippen molar-refractivity contribution < 1.29 is 9.53 Å². The second kappa shape index (κ2) is 5.96. The van der Waals surface area contributed by atoms with E-state index in [4.69, 9.17) is 4.74 Å². The summed E-state index contributed by atoms with van der Waals surface area (Å²) in [7, 11) is 0. The fourth-order valence-electron chi connectivity index (χ4n) is 2.70. The van der Waals surface area contributed by atoms with Crippen molar-refractivity contribution in [3.8, 4) is 0 Å². The van der Waals surface area contributed by atoms with E-state index >= 15 is 0 Å². The first-order chi connectivity index (χ1) is 9.34. The second-order valence-electron chi connectivity index (χ2n) is 5.08. The van der Waals surface area contributed by atoms with E-state index in [1.807, 2.05) is 16.7 Å². The van der Waals surface area contributed by atoms with E-state index in [0.29, 0.717) is 18.3 Å². The topological polar surface area (TPSA) is 58.2 Å². The number of amides is 1. The highest BCUT2D eigenvalue weighted by Crippen LogP contribution is 2.25. The van der Waals surface area contributed by atoms with Crippen molar-refractivity contribution in [1.29, 1.82) is 0 Å². The number of nitrogens with one attached hydrogen (secondary N) is 1. The molecule has 2 fully saturated rings. The standard InChI is InChI=1S/C13H19N3O2S/c17-13(12-3-5-14-15-12)16(10-4-7-19-9-10)8-11-2-1-6-18-11/h3,5,10-11H,1-2,4,6-9H2,(H,14,15)/t10-,11-/m1/s1. The summed E-state index contributed by atoms with van der Waals surface area (Å²) in [6.07, 6.45) is 5.08. The maximum atomic E-state index is 12.6. The number of ether oxygens (including phenoxy) is 1. The maximum absolute atomic E-state index is 12.6. The Balaban J connectivity index is 1.72. The summed E-state index contributed by atoms with van der Waals surface area (Å²) in [5.74, 6) is 2.23. The Morgan fingerprint density at radius 3 is 3.16 bits per heavy atom. The van der Waals surface area contributed by atoms with Crippen molar-refractivity contribution in [3.05, 3.63) is 18.0 Å². The molecule has 0 aromatic carbocycles. The van der Waals surface area contributed by atoms with Crippen LogP contribution in [0.2, 0.25) is 0 Å². The minimum absolute atomic E-state index is 0.0560. The van der Waals surface area contributed by atoms with Gasteiger partial charge in [-0.1, -0.05) is 0 Å². The Labute approximate surface area is 117 Å². The van der Waals surface area contributed by atoms with E-state index in [2.05, 4.69) is 10.2 Å². The van der Waals surface area contributed by atoms with Crippen LogP contribution in [0.4, 0.5) is 0 Å². The number of aromatic amines is 1. The summed E-state index contributed by atoms with van der Waals surface area (Å²) in [5, 5.41) is 6.65. The third-order valence-electron chi connectivity index (χ3n) is 3.76. The molecule has 0 bridgehead atoms. The van der Waals surface area contributed by atoms with E-state index in [-0.39, 0.29) is 12.0 Å². The fourth-order valence-corrected chi connectivity index (χ4v) is 3.93. The van der Waals surface area contributed by atoms with E-state index in [1.165, 1.54) is 0 Å². The Kier molecular flexibility index (Phi) is 4.08. The lowest BCUT2D eigenvalue weighted by atomic mass is 10.1. The van der Waals surface area contributed by atoms with E-state index < -0.39 is 0 Å². The Morgan fingerprint density at radius 2 is 2.53 bits per heavy atom.